The van der Waals surface area contributed by atoms with E-state index in [0.29, 0.717) is 5.69 Å². The van der Waals surface area contributed by atoms with E-state index in [9.17, 15) is 4.79 Å². The predicted octanol–water partition coefficient (Wildman–Crippen LogP) is 3.12. The average molecular weight is 332 g/mol. The number of carbonyl (C=O) groups is 1. The molecule has 0 bridgehead atoms. The number of hydrogen-bond acceptors (Lipinski definition) is 5. The summed E-state index contributed by atoms with van der Waals surface area (Å²) >= 11 is 1.46. The minimum atomic E-state index is -0.149. The average Bonchev–Trinajstić information content (AvgIpc) is 3.26. The second-order valence-electron chi connectivity index (χ2n) is 5.58. The highest BCUT2D eigenvalue weighted by molar-refractivity contribution is 7.13. The second kappa shape index (κ2) is 7.10. The lowest BCUT2D eigenvalue weighted by Crippen LogP contribution is -2.40. The van der Waals surface area contributed by atoms with E-state index in [-0.39, 0.29) is 18.1 Å². The quantitative estimate of drug-likeness (QED) is 0.914. The zero-order valence-electron chi connectivity index (χ0n) is 13.2. The van der Waals surface area contributed by atoms with Crippen LogP contribution in [0.4, 0.5) is 0 Å². The van der Waals surface area contributed by atoms with Crippen molar-refractivity contribution in [3.8, 4) is 16.3 Å². The minimum absolute atomic E-state index is 0.00358. The lowest BCUT2D eigenvalue weighted by atomic mass is 10.1. The third-order valence-corrected chi connectivity index (χ3v) is 4.85. The summed E-state index contributed by atoms with van der Waals surface area (Å²) in [5.41, 5.74) is 1.42. The van der Waals surface area contributed by atoms with Gasteiger partial charge in [-0.25, -0.2) is 4.98 Å². The topological polar surface area (TPSA) is 60.5 Å². The standard InChI is InChI=1S/C17H20N2O3S/c1-11(15-4-3-9-22-15)18-16(20)14-10-23-17(19-14)12-5-7-13(21-2)8-6-12/h5-8,10-11,15H,3-4,9H2,1-2H3,(H,18,20)/t11-,15-/m1/s1. The minimum Gasteiger partial charge on any atom is -0.497 e. The molecule has 2 aromatic rings. The van der Waals surface area contributed by atoms with Gasteiger partial charge in [-0.1, -0.05) is 0 Å². The van der Waals surface area contributed by atoms with E-state index >= 15 is 0 Å². The van der Waals surface area contributed by atoms with Crippen LogP contribution in [0.15, 0.2) is 29.6 Å². The molecule has 122 valence electrons. The van der Waals surface area contributed by atoms with Gasteiger partial charge in [0, 0.05) is 17.6 Å². The molecule has 2 heterocycles. The van der Waals surface area contributed by atoms with E-state index in [0.717, 1.165) is 35.8 Å². The first-order valence-corrected chi connectivity index (χ1v) is 8.58. The van der Waals surface area contributed by atoms with Crippen molar-refractivity contribution in [2.45, 2.75) is 31.9 Å². The fraction of sp³-hybridized carbons (Fsp3) is 0.412. The number of ether oxygens (including phenoxy) is 2. The third kappa shape index (κ3) is 3.71. The van der Waals surface area contributed by atoms with Crippen molar-refractivity contribution >= 4 is 17.2 Å². The van der Waals surface area contributed by atoms with Crippen LogP contribution >= 0.6 is 11.3 Å². The number of rotatable bonds is 5. The maximum absolute atomic E-state index is 12.3. The van der Waals surface area contributed by atoms with Crippen LogP contribution < -0.4 is 10.1 Å². The summed E-state index contributed by atoms with van der Waals surface area (Å²) in [4.78, 5) is 16.8. The fourth-order valence-electron chi connectivity index (χ4n) is 2.61. The number of amides is 1. The molecule has 3 rings (SSSR count). The smallest absolute Gasteiger partial charge is 0.271 e. The SMILES string of the molecule is COc1ccc(-c2nc(C(=O)N[C@H](C)[C@H]3CCCO3)cs2)cc1. The Bertz CT molecular complexity index is 663. The Hall–Kier alpha value is -1.92. The van der Waals surface area contributed by atoms with Gasteiger partial charge in [-0.15, -0.1) is 11.3 Å². The van der Waals surface area contributed by atoms with Crippen LogP contribution in [0.2, 0.25) is 0 Å². The largest absolute Gasteiger partial charge is 0.497 e. The number of methoxy groups -OCH3 is 1. The van der Waals surface area contributed by atoms with E-state index in [4.69, 9.17) is 9.47 Å². The first-order chi connectivity index (χ1) is 11.2. The molecule has 0 aliphatic carbocycles. The third-order valence-electron chi connectivity index (χ3n) is 3.96. The van der Waals surface area contributed by atoms with Crippen molar-refractivity contribution in [3.63, 3.8) is 0 Å². The van der Waals surface area contributed by atoms with Gasteiger partial charge in [0.1, 0.15) is 16.5 Å². The number of benzene rings is 1. The number of nitrogens with one attached hydrogen (secondary N) is 1. The van der Waals surface area contributed by atoms with E-state index in [1.54, 1.807) is 12.5 Å². The molecule has 23 heavy (non-hydrogen) atoms. The molecule has 2 atom stereocenters. The van der Waals surface area contributed by atoms with Crippen molar-refractivity contribution < 1.29 is 14.3 Å². The highest BCUT2D eigenvalue weighted by Gasteiger charge is 2.24. The molecule has 1 aliphatic heterocycles. The van der Waals surface area contributed by atoms with Crippen molar-refractivity contribution in [3.05, 3.63) is 35.3 Å². The van der Waals surface area contributed by atoms with Crippen LogP contribution in [0, 0.1) is 0 Å². The molecule has 1 fully saturated rings. The second-order valence-corrected chi connectivity index (χ2v) is 6.44. The summed E-state index contributed by atoms with van der Waals surface area (Å²) in [6.45, 7) is 2.76. The van der Waals surface area contributed by atoms with Gasteiger partial charge in [-0.2, -0.15) is 0 Å². The molecule has 1 amide bonds. The van der Waals surface area contributed by atoms with E-state index < -0.39 is 0 Å². The van der Waals surface area contributed by atoms with Crippen LogP contribution in [0.25, 0.3) is 10.6 Å². The summed E-state index contributed by atoms with van der Waals surface area (Å²) in [7, 11) is 1.63. The first kappa shape index (κ1) is 16.0. The molecule has 1 aliphatic rings. The number of thiazole rings is 1. The molecule has 0 unspecified atom stereocenters. The molecular formula is C17H20N2O3S. The Morgan fingerprint density at radius 3 is 2.87 bits per heavy atom. The van der Waals surface area contributed by atoms with Gasteiger partial charge in [-0.05, 0) is 44.0 Å². The van der Waals surface area contributed by atoms with Crippen LogP contribution in [0.1, 0.15) is 30.3 Å². The lowest BCUT2D eigenvalue weighted by Gasteiger charge is -2.19. The molecule has 1 aromatic heterocycles. The highest BCUT2D eigenvalue weighted by Crippen LogP contribution is 2.26. The number of aromatic nitrogens is 1. The number of carbonyl (C=O) groups excluding carboxylic acids is 1. The van der Waals surface area contributed by atoms with Gasteiger partial charge in [0.25, 0.3) is 5.91 Å². The van der Waals surface area contributed by atoms with Crippen molar-refractivity contribution in [2.24, 2.45) is 0 Å². The summed E-state index contributed by atoms with van der Waals surface area (Å²) < 4.78 is 10.8. The summed E-state index contributed by atoms with van der Waals surface area (Å²) in [6, 6.07) is 7.64. The van der Waals surface area contributed by atoms with Gasteiger partial charge < -0.3 is 14.8 Å². The van der Waals surface area contributed by atoms with Crippen LogP contribution in [0.5, 0.6) is 5.75 Å². The fourth-order valence-corrected chi connectivity index (χ4v) is 3.42. The molecule has 5 nitrogen and oxygen atoms in total. The Kier molecular flexibility index (Phi) is 4.93. The number of hydrogen-bond donors (Lipinski definition) is 1. The molecule has 0 radical (unpaired) electrons. The first-order valence-electron chi connectivity index (χ1n) is 7.70. The number of nitrogens with zero attached hydrogens (tertiary/aromatic N) is 1. The van der Waals surface area contributed by atoms with Crippen LogP contribution in [-0.4, -0.2) is 36.8 Å². The molecule has 0 saturated carbocycles. The summed E-state index contributed by atoms with van der Waals surface area (Å²) in [5, 5.41) is 5.59. The van der Waals surface area contributed by atoms with E-state index in [2.05, 4.69) is 10.3 Å². The zero-order chi connectivity index (χ0) is 16.2. The molecule has 6 heteroatoms. The Morgan fingerprint density at radius 1 is 1.43 bits per heavy atom. The molecule has 1 saturated heterocycles. The van der Waals surface area contributed by atoms with Crippen LogP contribution in [-0.2, 0) is 4.74 Å². The highest BCUT2D eigenvalue weighted by atomic mass is 32.1. The lowest BCUT2D eigenvalue weighted by molar-refractivity contribution is 0.0710. The monoisotopic (exact) mass is 332 g/mol. The van der Waals surface area contributed by atoms with Crippen molar-refractivity contribution in [1.82, 2.24) is 10.3 Å². The maximum Gasteiger partial charge on any atom is 0.271 e. The van der Waals surface area contributed by atoms with Gasteiger partial charge in [0.05, 0.1) is 19.3 Å². The Balaban J connectivity index is 1.66. The van der Waals surface area contributed by atoms with E-state index in [1.165, 1.54) is 11.3 Å². The van der Waals surface area contributed by atoms with Crippen molar-refractivity contribution in [1.29, 1.82) is 0 Å². The van der Waals surface area contributed by atoms with Gasteiger partial charge in [-0.3, -0.25) is 4.79 Å². The Morgan fingerprint density at radius 2 is 2.22 bits per heavy atom. The van der Waals surface area contributed by atoms with Gasteiger partial charge >= 0.3 is 0 Å². The van der Waals surface area contributed by atoms with Gasteiger partial charge in [0.15, 0.2) is 0 Å². The maximum atomic E-state index is 12.3. The Labute approximate surface area is 139 Å². The zero-order valence-corrected chi connectivity index (χ0v) is 14.1. The molecule has 0 spiro atoms. The van der Waals surface area contributed by atoms with Crippen molar-refractivity contribution in [2.75, 3.05) is 13.7 Å². The molecule has 1 N–H and O–H groups in total. The van der Waals surface area contributed by atoms with E-state index in [1.807, 2.05) is 31.2 Å². The summed E-state index contributed by atoms with van der Waals surface area (Å²) in [6.07, 6.45) is 2.16. The predicted molar refractivity (Wildman–Crippen MR) is 90.0 cm³/mol. The normalized spacial score (nSPS) is 18.6. The molecular weight excluding hydrogens is 312 g/mol. The molecule has 1 aromatic carbocycles. The van der Waals surface area contributed by atoms with Crippen LogP contribution in [0.3, 0.4) is 0 Å². The van der Waals surface area contributed by atoms with Gasteiger partial charge in [0.2, 0.25) is 0 Å². The summed E-state index contributed by atoms with van der Waals surface area (Å²) in [5.74, 6) is 0.651.